The lowest BCUT2D eigenvalue weighted by Gasteiger charge is -2.24. The molecule has 1 aromatic rings. The van der Waals surface area contributed by atoms with E-state index in [2.05, 4.69) is 18.9 Å². The van der Waals surface area contributed by atoms with Crippen LogP contribution >= 0.6 is 11.3 Å². The molecule has 94 valence electrons. The van der Waals surface area contributed by atoms with Crippen LogP contribution in [0.1, 0.15) is 39.9 Å². The molecule has 4 heteroatoms. The molecule has 17 heavy (non-hydrogen) atoms. The highest BCUT2D eigenvalue weighted by atomic mass is 32.1. The molecule has 1 fully saturated rings. The van der Waals surface area contributed by atoms with Crippen LogP contribution in [0, 0.1) is 12.8 Å². The molecule has 2 rings (SSSR count). The number of aryl methyl sites for hydroxylation is 1. The highest BCUT2D eigenvalue weighted by Crippen LogP contribution is 2.35. The van der Waals surface area contributed by atoms with Crippen molar-refractivity contribution in [1.82, 2.24) is 4.90 Å². The van der Waals surface area contributed by atoms with Crippen LogP contribution in [-0.2, 0) is 6.54 Å². The zero-order chi connectivity index (χ0) is 12.6. The monoisotopic (exact) mass is 253 g/mol. The van der Waals surface area contributed by atoms with Gasteiger partial charge in [0, 0.05) is 17.5 Å². The Balaban J connectivity index is 2.04. The van der Waals surface area contributed by atoms with Gasteiger partial charge in [0.05, 0.1) is 0 Å². The van der Waals surface area contributed by atoms with E-state index in [0.29, 0.717) is 10.9 Å². The van der Waals surface area contributed by atoms with Gasteiger partial charge in [-0.2, -0.15) is 0 Å². The SMILES string of the molecule is Cc1sc(C(=O)O)cc1CN(C)C(C)C1CC1. The Bertz CT molecular complexity index is 423. The molecule has 1 saturated carbocycles. The third kappa shape index (κ3) is 2.87. The summed E-state index contributed by atoms with van der Waals surface area (Å²) < 4.78 is 0. The highest BCUT2D eigenvalue weighted by molar-refractivity contribution is 7.14. The predicted octanol–water partition coefficient (Wildman–Crippen LogP) is 2.99. The molecule has 0 aliphatic heterocycles. The van der Waals surface area contributed by atoms with Crippen molar-refractivity contribution in [2.24, 2.45) is 5.92 Å². The molecule has 1 heterocycles. The van der Waals surface area contributed by atoms with Gasteiger partial charge in [0.15, 0.2) is 0 Å². The zero-order valence-corrected chi connectivity index (χ0v) is 11.4. The Morgan fingerprint density at radius 3 is 2.76 bits per heavy atom. The largest absolute Gasteiger partial charge is 0.477 e. The van der Waals surface area contributed by atoms with E-state index in [1.54, 1.807) is 0 Å². The number of nitrogens with zero attached hydrogens (tertiary/aromatic N) is 1. The van der Waals surface area contributed by atoms with E-state index >= 15 is 0 Å². The van der Waals surface area contributed by atoms with Crippen LogP contribution in [0.4, 0.5) is 0 Å². The second-order valence-corrected chi connectivity index (χ2v) is 6.25. The van der Waals surface area contributed by atoms with Gasteiger partial charge < -0.3 is 5.11 Å². The third-order valence-corrected chi connectivity index (χ3v) is 4.73. The maximum atomic E-state index is 10.9. The van der Waals surface area contributed by atoms with Crippen LogP contribution in [-0.4, -0.2) is 29.1 Å². The second kappa shape index (κ2) is 4.78. The van der Waals surface area contributed by atoms with Crippen LogP contribution in [0.15, 0.2) is 6.07 Å². The van der Waals surface area contributed by atoms with Crippen LogP contribution in [0.3, 0.4) is 0 Å². The molecule has 0 bridgehead atoms. The van der Waals surface area contributed by atoms with Gasteiger partial charge in [0.1, 0.15) is 4.88 Å². The van der Waals surface area contributed by atoms with Crippen LogP contribution in [0.2, 0.25) is 0 Å². The molecule has 3 nitrogen and oxygen atoms in total. The number of hydrogen-bond donors (Lipinski definition) is 1. The number of carboxylic acids is 1. The molecule has 0 spiro atoms. The summed E-state index contributed by atoms with van der Waals surface area (Å²) in [5.74, 6) is 0.0279. The Morgan fingerprint density at radius 1 is 1.65 bits per heavy atom. The van der Waals surface area contributed by atoms with Crippen LogP contribution in [0.25, 0.3) is 0 Å². The maximum absolute atomic E-state index is 10.9. The number of thiophene rings is 1. The van der Waals surface area contributed by atoms with Crippen molar-refractivity contribution in [3.63, 3.8) is 0 Å². The van der Waals surface area contributed by atoms with E-state index in [1.165, 1.54) is 24.2 Å². The first-order valence-electron chi connectivity index (χ1n) is 6.02. The fourth-order valence-electron chi connectivity index (χ4n) is 2.13. The van der Waals surface area contributed by atoms with E-state index in [4.69, 9.17) is 5.11 Å². The molecule has 0 saturated heterocycles. The molecular weight excluding hydrogens is 234 g/mol. The smallest absolute Gasteiger partial charge is 0.345 e. The van der Waals surface area contributed by atoms with Gasteiger partial charge in [-0.1, -0.05) is 0 Å². The Labute approximate surface area is 106 Å². The fraction of sp³-hybridized carbons (Fsp3) is 0.615. The van der Waals surface area contributed by atoms with Crippen molar-refractivity contribution in [2.45, 2.75) is 39.3 Å². The normalized spacial score (nSPS) is 17.4. The minimum atomic E-state index is -0.817. The summed E-state index contributed by atoms with van der Waals surface area (Å²) in [6, 6.07) is 2.42. The first-order valence-corrected chi connectivity index (χ1v) is 6.83. The first kappa shape index (κ1) is 12.6. The van der Waals surface area contributed by atoms with Gasteiger partial charge >= 0.3 is 5.97 Å². The van der Waals surface area contributed by atoms with Crippen molar-refractivity contribution < 1.29 is 9.90 Å². The van der Waals surface area contributed by atoms with E-state index in [-0.39, 0.29) is 0 Å². The maximum Gasteiger partial charge on any atom is 0.345 e. The molecule has 1 aliphatic rings. The summed E-state index contributed by atoms with van der Waals surface area (Å²) in [5, 5.41) is 8.96. The highest BCUT2D eigenvalue weighted by Gasteiger charge is 2.30. The summed E-state index contributed by atoms with van der Waals surface area (Å²) in [7, 11) is 2.13. The Hall–Kier alpha value is -0.870. The Morgan fingerprint density at radius 2 is 2.29 bits per heavy atom. The van der Waals surface area contributed by atoms with E-state index in [1.807, 2.05) is 13.0 Å². The molecule has 1 aliphatic carbocycles. The van der Waals surface area contributed by atoms with Gasteiger partial charge in [-0.25, -0.2) is 4.79 Å². The van der Waals surface area contributed by atoms with E-state index in [9.17, 15) is 4.79 Å². The molecule has 0 amide bonds. The molecular formula is C13H19NO2S. The average Bonchev–Trinajstić information content (AvgIpc) is 3.04. The summed E-state index contributed by atoms with van der Waals surface area (Å²) in [6.45, 7) is 5.12. The molecule has 1 unspecified atom stereocenters. The van der Waals surface area contributed by atoms with Gasteiger partial charge in [-0.15, -0.1) is 11.3 Å². The minimum Gasteiger partial charge on any atom is -0.477 e. The van der Waals surface area contributed by atoms with Crippen molar-refractivity contribution in [2.75, 3.05) is 7.05 Å². The molecule has 1 atom stereocenters. The lowest BCUT2D eigenvalue weighted by atomic mass is 10.1. The first-order chi connectivity index (χ1) is 7.99. The third-order valence-electron chi connectivity index (χ3n) is 3.65. The Kier molecular flexibility index (Phi) is 3.54. The van der Waals surface area contributed by atoms with Gasteiger partial charge in [0.25, 0.3) is 0 Å². The summed E-state index contributed by atoms with van der Waals surface area (Å²) >= 11 is 1.37. The number of carbonyl (C=O) groups is 1. The summed E-state index contributed by atoms with van der Waals surface area (Å²) in [5.41, 5.74) is 1.16. The van der Waals surface area contributed by atoms with E-state index in [0.717, 1.165) is 22.9 Å². The second-order valence-electron chi connectivity index (χ2n) is 4.99. The molecule has 1 aromatic heterocycles. The van der Waals surface area contributed by atoms with Crippen LogP contribution < -0.4 is 0 Å². The zero-order valence-electron chi connectivity index (χ0n) is 10.6. The van der Waals surface area contributed by atoms with Crippen molar-refractivity contribution in [3.8, 4) is 0 Å². The van der Waals surface area contributed by atoms with Gasteiger partial charge in [-0.3, -0.25) is 4.90 Å². The summed E-state index contributed by atoms with van der Waals surface area (Å²) in [6.07, 6.45) is 2.68. The number of carboxylic acid groups (broad SMARTS) is 1. The number of rotatable bonds is 5. The lowest BCUT2D eigenvalue weighted by molar-refractivity contribution is 0.0702. The predicted molar refractivity (Wildman–Crippen MR) is 69.7 cm³/mol. The molecule has 0 radical (unpaired) electrons. The molecule has 0 aromatic carbocycles. The summed E-state index contributed by atoms with van der Waals surface area (Å²) in [4.78, 5) is 14.8. The standard InChI is InChI=1S/C13H19NO2S/c1-8(10-4-5-10)14(3)7-11-6-12(13(15)16)17-9(11)2/h6,8,10H,4-5,7H2,1-3H3,(H,15,16). The number of hydrogen-bond acceptors (Lipinski definition) is 3. The average molecular weight is 253 g/mol. The van der Waals surface area contributed by atoms with Gasteiger partial charge in [-0.05, 0) is 51.3 Å². The van der Waals surface area contributed by atoms with Gasteiger partial charge in [0.2, 0.25) is 0 Å². The van der Waals surface area contributed by atoms with Crippen molar-refractivity contribution >= 4 is 17.3 Å². The fourth-order valence-corrected chi connectivity index (χ4v) is 3.01. The topological polar surface area (TPSA) is 40.5 Å². The lowest BCUT2D eigenvalue weighted by Crippen LogP contribution is -2.30. The molecule has 1 N–H and O–H groups in total. The quantitative estimate of drug-likeness (QED) is 0.877. The number of aromatic carboxylic acids is 1. The van der Waals surface area contributed by atoms with Crippen molar-refractivity contribution in [1.29, 1.82) is 0 Å². The van der Waals surface area contributed by atoms with Crippen molar-refractivity contribution in [3.05, 3.63) is 21.4 Å². The minimum absolute atomic E-state index is 0.449. The van der Waals surface area contributed by atoms with E-state index < -0.39 is 5.97 Å². The van der Waals surface area contributed by atoms with Crippen LogP contribution in [0.5, 0.6) is 0 Å².